The standard InChI is InChI=1S/C12H17NO4/c1-15-10-6-4-5-8(12(10)17-3)9(13)7-11(14)16-2/h4-6,9H,7,13H2,1-3H3. The Morgan fingerprint density at radius 2 is 2.00 bits per heavy atom. The predicted octanol–water partition coefficient (Wildman–Crippen LogP) is 1.27. The summed E-state index contributed by atoms with van der Waals surface area (Å²) in [6.45, 7) is 0. The fourth-order valence-corrected chi connectivity index (χ4v) is 1.58. The summed E-state index contributed by atoms with van der Waals surface area (Å²) < 4.78 is 15.0. The number of benzene rings is 1. The lowest BCUT2D eigenvalue weighted by molar-refractivity contribution is -0.141. The molecule has 5 nitrogen and oxygen atoms in total. The van der Waals surface area contributed by atoms with Gasteiger partial charge in [0.05, 0.1) is 27.8 Å². The number of methoxy groups -OCH3 is 3. The number of rotatable bonds is 5. The van der Waals surface area contributed by atoms with E-state index in [0.29, 0.717) is 11.5 Å². The van der Waals surface area contributed by atoms with E-state index in [-0.39, 0.29) is 12.4 Å². The highest BCUT2D eigenvalue weighted by atomic mass is 16.5. The summed E-state index contributed by atoms with van der Waals surface area (Å²) in [5.41, 5.74) is 6.65. The first-order valence-corrected chi connectivity index (χ1v) is 5.17. The highest BCUT2D eigenvalue weighted by Gasteiger charge is 2.18. The zero-order chi connectivity index (χ0) is 12.8. The Bertz CT molecular complexity index is 392. The van der Waals surface area contributed by atoms with E-state index in [1.165, 1.54) is 14.2 Å². The summed E-state index contributed by atoms with van der Waals surface area (Å²) in [7, 11) is 4.41. The SMILES string of the molecule is COC(=O)CC(N)c1cccc(OC)c1OC. The summed E-state index contributed by atoms with van der Waals surface area (Å²) in [6.07, 6.45) is 0.0972. The number of nitrogens with two attached hydrogens (primary N) is 1. The van der Waals surface area contributed by atoms with E-state index >= 15 is 0 Å². The van der Waals surface area contributed by atoms with Crippen LogP contribution in [0.1, 0.15) is 18.0 Å². The van der Waals surface area contributed by atoms with Gasteiger partial charge in [0, 0.05) is 11.6 Å². The molecule has 1 aromatic carbocycles. The first kappa shape index (κ1) is 13.3. The molecule has 1 rings (SSSR count). The van der Waals surface area contributed by atoms with Crippen LogP contribution in [0, 0.1) is 0 Å². The van der Waals surface area contributed by atoms with Gasteiger partial charge in [0.25, 0.3) is 0 Å². The molecule has 0 aliphatic rings. The van der Waals surface area contributed by atoms with Crippen molar-refractivity contribution < 1.29 is 19.0 Å². The van der Waals surface area contributed by atoms with Crippen molar-refractivity contribution in [1.82, 2.24) is 0 Å². The van der Waals surface area contributed by atoms with Crippen LogP contribution in [0.2, 0.25) is 0 Å². The Hall–Kier alpha value is -1.75. The number of carbonyl (C=O) groups is 1. The molecule has 0 heterocycles. The minimum atomic E-state index is -0.479. The lowest BCUT2D eigenvalue weighted by Crippen LogP contribution is -2.17. The largest absolute Gasteiger partial charge is 0.493 e. The molecule has 0 fully saturated rings. The molecule has 1 aromatic rings. The molecule has 0 aliphatic heterocycles. The van der Waals surface area contributed by atoms with Crippen LogP contribution in [-0.2, 0) is 9.53 Å². The van der Waals surface area contributed by atoms with Gasteiger partial charge in [0.15, 0.2) is 11.5 Å². The zero-order valence-electron chi connectivity index (χ0n) is 10.2. The first-order chi connectivity index (χ1) is 8.13. The Kier molecular flexibility index (Phi) is 4.78. The molecule has 0 saturated carbocycles. The highest BCUT2D eigenvalue weighted by Crippen LogP contribution is 2.34. The second kappa shape index (κ2) is 6.10. The van der Waals surface area contributed by atoms with Gasteiger partial charge in [-0.05, 0) is 6.07 Å². The van der Waals surface area contributed by atoms with Crippen molar-refractivity contribution in [3.8, 4) is 11.5 Å². The van der Waals surface area contributed by atoms with Gasteiger partial charge < -0.3 is 19.9 Å². The lowest BCUT2D eigenvalue weighted by atomic mass is 10.0. The van der Waals surface area contributed by atoms with Crippen molar-refractivity contribution in [3.05, 3.63) is 23.8 Å². The van der Waals surface area contributed by atoms with Crippen LogP contribution < -0.4 is 15.2 Å². The van der Waals surface area contributed by atoms with E-state index in [9.17, 15) is 4.79 Å². The average molecular weight is 239 g/mol. The Balaban J connectivity index is 3.00. The molecule has 1 atom stereocenters. The van der Waals surface area contributed by atoms with Crippen molar-refractivity contribution in [1.29, 1.82) is 0 Å². The highest BCUT2D eigenvalue weighted by molar-refractivity contribution is 5.70. The van der Waals surface area contributed by atoms with Gasteiger partial charge in [-0.3, -0.25) is 4.79 Å². The molecule has 0 aliphatic carbocycles. The van der Waals surface area contributed by atoms with E-state index in [0.717, 1.165) is 5.56 Å². The maximum atomic E-state index is 11.2. The number of ether oxygens (including phenoxy) is 3. The van der Waals surface area contributed by atoms with E-state index < -0.39 is 6.04 Å². The molecule has 0 bridgehead atoms. The Morgan fingerprint density at radius 1 is 1.29 bits per heavy atom. The molecule has 1 unspecified atom stereocenters. The third-order valence-corrected chi connectivity index (χ3v) is 2.45. The maximum Gasteiger partial charge on any atom is 0.307 e. The van der Waals surface area contributed by atoms with Crippen molar-refractivity contribution in [2.24, 2.45) is 5.73 Å². The van der Waals surface area contributed by atoms with Gasteiger partial charge >= 0.3 is 5.97 Å². The molecule has 94 valence electrons. The quantitative estimate of drug-likeness (QED) is 0.783. The summed E-state index contributed by atoms with van der Waals surface area (Å²) >= 11 is 0. The maximum absolute atomic E-state index is 11.2. The van der Waals surface area contributed by atoms with Crippen LogP contribution in [-0.4, -0.2) is 27.3 Å². The van der Waals surface area contributed by atoms with Crippen molar-refractivity contribution in [2.45, 2.75) is 12.5 Å². The third-order valence-electron chi connectivity index (χ3n) is 2.45. The summed E-state index contributed by atoms with van der Waals surface area (Å²) in [4.78, 5) is 11.2. The molecule has 5 heteroatoms. The molecule has 0 saturated heterocycles. The van der Waals surface area contributed by atoms with Crippen LogP contribution in [0.5, 0.6) is 11.5 Å². The molecule has 0 spiro atoms. The van der Waals surface area contributed by atoms with Gasteiger partial charge in [-0.1, -0.05) is 12.1 Å². The van der Waals surface area contributed by atoms with E-state index in [2.05, 4.69) is 4.74 Å². The van der Waals surface area contributed by atoms with Gasteiger partial charge in [-0.25, -0.2) is 0 Å². The van der Waals surface area contributed by atoms with Crippen LogP contribution in [0.4, 0.5) is 0 Å². The first-order valence-electron chi connectivity index (χ1n) is 5.17. The normalized spacial score (nSPS) is 11.8. The molecule has 0 radical (unpaired) electrons. The Labute approximate surface area is 100 Å². The van der Waals surface area contributed by atoms with E-state index in [1.54, 1.807) is 25.3 Å². The molecule has 17 heavy (non-hydrogen) atoms. The second-order valence-corrected chi connectivity index (χ2v) is 3.47. The molecular formula is C12H17NO4. The predicted molar refractivity (Wildman–Crippen MR) is 63.1 cm³/mol. The fourth-order valence-electron chi connectivity index (χ4n) is 1.58. The second-order valence-electron chi connectivity index (χ2n) is 3.47. The van der Waals surface area contributed by atoms with Crippen LogP contribution >= 0.6 is 0 Å². The smallest absolute Gasteiger partial charge is 0.307 e. The topological polar surface area (TPSA) is 70.8 Å². The molecule has 2 N–H and O–H groups in total. The number of hydrogen-bond donors (Lipinski definition) is 1. The fraction of sp³-hybridized carbons (Fsp3) is 0.417. The summed E-state index contributed by atoms with van der Waals surface area (Å²) in [5.74, 6) is 0.777. The van der Waals surface area contributed by atoms with Gasteiger partial charge in [0.1, 0.15) is 0 Å². The van der Waals surface area contributed by atoms with Crippen LogP contribution in [0.25, 0.3) is 0 Å². The average Bonchev–Trinajstić information content (AvgIpc) is 2.37. The van der Waals surface area contributed by atoms with E-state index in [4.69, 9.17) is 15.2 Å². The minimum absolute atomic E-state index is 0.0972. The number of esters is 1. The third kappa shape index (κ3) is 3.10. The number of carbonyl (C=O) groups excluding carboxylic acids is 1. The summed E-state index contributed by atoms with van der Waals surface area (Å²) in [6, 6.07) is 4.89. The molecule has 0 aromatic heterocycles. The van der Waals surface area contributed by atoms with Crippen molar-refractivity contribution in [3.63, 3.8) is 0 Å². The summed E-state index contributed by atoms with van der Waals surface area (Å²) in [5, 5.41) is 0. The Morgan fingerprint density at radius 3 is 2.53 bits per heavy atom. The minimum Gasteiger partial charge on any atom is -0.493 e. The van der Waals surface area contributed by atoms with Gasteiger partial charge in [-0.2, -0.15) is 0 Å². The van der Waals surface area contributed by atoms with Crippen LogP contribution in [0.3, 0.4) is 0 Å². The molecular weight excluding hydrogens is 222 g/mol. The van der Waals surface area contributed by atoms with Crippen LogP contribution in [0.15, 0.2) is 18.2 Å². The van der Waals surface area contributed by atoms with Gasteiger partial charge in [0.2, 0.25) is 0 Å². The van der Waals surface area contributed by atoms with Crippen molar-refractivity contribution >= 4 is 5.97 Å². The number of hydrogen-bond acceptors (Lipinski definition) is 5. The zero-order valence-corrected chi connectivity index (χ0v) is 10.2. The monoisotopic (exact) mass is 239 g/mol. The number of para-hydroxylation sites is 1. The van der Waals surface area contributed by atoms with Crippen molar-refractivity contribution in [2.75, 3.05) is 21.3 Å². The van der Waals surface area contributed by atoms with E-state index in [1.807, 2.05) is 0 Å². The molecule has 0 amide bonds. The lowest BCUT2D eigenvalue weighted by Gasteiger charge is -2.16. The van der Waals surface area contributed by atoms with Gasteiger partial charge in [-0.15, -0.1) is 0 Å².